The van der Waals surface area contributed by atoms with E-state index in [2.05, 4.69) is 5.32 Å². The third-order valence-corrected chi connectivity index (χ3v) is 3.34. The van der Waals surface area contributed by atoms with Crippen LogP contribution in [-0.4, -0.2) is 19.2 Å². The van der Waals surface area contributed by atoms with Gasteiger partial charge in [-0.25, -0.2) is 0 Å². The van der Waals surface area contributed by atoms with Crippen molar-refractivity contribution in [3.8, 4) is 11.5 Å². The van der Waals surface area contributed by atoms with Crippen molar-refractivity contribution < 1.29 is 9.47 Å². The quantitative estimate of drug-likeness (QED) is 0.804. The van der Waals surface area contributed by atoms with Crippen molar-refractivity contribution in [1.29, 1.82) is 0 Å². The van der Waals surface area contributed by atoms with Crippen LogP contribution in [0, 0.1) is 0 Å². The van der Waals surface area contributed by atoms with E-state index >= 15 is 0 Å². The molecule has 5 heteroatoms. The van der Waals surface area contributed by atoms with Gasteiger partial charge in [0.1, 0.15) is 4.99 Å². The molecular formula is C16H18N2O2S. The second kappa shape index (κ2) is 6.95. The average molecular weight is 302 g/mol. The van der Waals surface area contributed by atoms with E-state index in [9.17, 15) is 0 Å². The summed E-state index contributed by atoms with van der Waals surface area (Å²) in [6.07, 6.45) is 0. The molecule has 0 saturated carbocycles. The Morgan fingerprint density at radius 2 is 1.81 bits per heavy atom. The fraction of sp³-hybridized carbons (Fsp3) is 0.188. The number of methoxy groups -OCH3 is 2. The second-order valence-corrected chi connectivity index (χ2v) is 4.89. The van der Waals surface area contributed by atoms with Crippen LogP contribution in [0.3, 0.4) is 0 Å². The van der Waals surface area contributed by atoms with Crippen LogP contribution in [0.5, 0.6) is 11.5 Å². The molecule has 110 valence electrons. The molecule has 0 heterocycles. The maximum atomic E-state index is 5.72. The van der Waals surface area contributed by atoms with Gasteiger partial charge < -0.3 is 20.5 Å². The molecule has 2 aromatic carbocycles. The van der Waals surface area contributed by atoms with Crippen LogP contribution in [0.2, 0.25) is 0 Å². The number of thiocarbonyl (C=S) groups is 1. The normalized spacial score (nSPS) is 10.0. The fourth-order valence-electron chi connectivity index (χ4n) is 2.04. The highest BCUT2D eigenvalue weighted by molar-refractivity contribution is 7.80. The smallest absolute Gasteiger partial charge is 0.161 e. The SMILES string of the molecule is COc1ccc(CNc2ccccc2C(N)=S)cc1OC. The van der Waals surface area contributed by atoms with Crippen molar-refractivity contribution in [2.75, 3.05) is 19.5 Å². The Morgan fingerprint density at radius 3 is 2.48 bits per heavy atom. The van der Waals surface area contributed by atoms with E-state index in [0.717, 1.165) is 16.8 Å². The number of ether oxygens (including phenoxy) is 2. The number of nitrogens with two attached hydrogens (primary N) is 1. The number of hydrogen-bond donors (Lipinski definition) is 2. The van der Waals surface area contributed by atoms with Gasteiger partial charge >= 0.3 is 0 Å². The van der Waals surface area contributed by atoms with Gasteiger partial charge in [-0.1, -0.05) is 30.4 Å². The summed E-state index contributed by atoms with van der Waals surface area (Å²) in [6, 6.07) is 13.5. The lowest BCUT2D eigenvalue weighted by Crippen LogP contribution is -2.13. The second-order valence-electron chi connectivity index (χ2n) is 4.45. The van der Waals surface area contributed by atoms with Gasteiger partial charge in [-0.2, -0.15) is 0 Å². The number of rotatable bonds is 6. The Morgan fingerprint density at radius 1 is 1.10 bits per heavy atom. The van der Waals surface area contributed by atoms with Gasteiger partial charge in [0.15, 0.2) is 11.5 Å². The molecule has 3 N–H and O–H groups in total. The van der Waals surface area contributed by atoms with Crippen LogP contribution in [-0.2, 0) is 6.54 Å². The predicted octanol–water partition coefficient (Wildman–Crippen LogP) is 2.95. The molecule has 0 aliphatic carbocycles. The Bertz CT molecular complexity index is 644. The lowest BCUT2D eigenvalue weighted by molar-refractivity contribution is 0.354. The van der Waals surface area contributed by atoms with Crippen LogP contribution in [0.4, 0.5) is 5.69 Å². The van der Waals surface area contributed by atoms with Crippen molar-refractivity contribution in [3.63, 3.8) is 0 Å². The first kappa shape index (κ1) is 15.1. The van der Waals surface area contributed by atoms with Crippen LogP contribution < -0.4 is 20.5 Å². The van der Waals surface area contributed by atoms with Gasteiger partial charge in [-0.15, -0.1) is 0 Å². The minimum absolute atomic E-state index is 0.380. The molecular weight excluding hydrogens is 284 g/mol. The zero-order valence-corrected chi connectivity index (χ0v) is 12.9. The highest BCUT2D eigenvalue weighted by Crippen LogP contribution is 2.28. The van der Waals surface area contributed by atoms with Crippen LogP contribution >= 0.6 is 12.2 Å². The third kappa shape index (κ3) is 3.64. The molecule has 0 unspecified atom stereocenters. The topological polar surface area (TPSA) is 56.5 Å². The van der Waals surface area contributed by atoms with Crippen LogP contribution in [0.25, 0.3) is 0 Å². The summed E-state index contributed by atoms with van der Waals surface area (Å²) in [5.74, 6) is 1.42. The highest BCUT2D eigenvalue weighted by Gasteiger charge is 2.06. The van der Waals surface area contributed by atoms with E-state index in [1.807, 2.05) is 42.5 Å². The summed E-state index contributed by atoms with van der Waals surface area (Å²) in [5, 5.41) is 3.34. The molecule has 4 nitrogen and oxygen atoms in total. The molecule has 0 aromatic heterocycles. The standard InChI is InChI=1S/C16H18N2O2S/c1-19-14-8-7-11(9-15(14)20-2)10-18-13-6-4-3-5-12(13)16(17)21/h3-9,18H,10H2,1-2H3,(H2,17,21). The fourth-order valence-corrected chi connectivity index (χ4v) is 2.22. The predicted molar refractivity (Wildman–Crippen MR) is 89.2 cm³/mol. The van der Waals surface area contributed by atoms with Gasteiger partial charge in [-0.05, 0) is 29.8 Å². The van der Waals surface area contributed by atoms with Gasteiger partial charge in [0.05, 0.1) is 14.2 Å². The van der Waals surface area contributed by atoms with Crippen molar-refractivity contribution in [2.24, 2.45) is 5.73 Å². The Hall–Kier alpha value is -2.27. The van der Waals surface area contributed by atoms with E-state index in [1.165, 1.54) is 0 Å². The van der Waals surface area contributed by atoms with Crippen LogP contribution in [0.15, 0.2) is 42.5 Å². The van der Waals surface area contributed by atoms with Crippen molar-refractivity contribution in [1.82, 2.24) is 0 Å². The maximum Gasteiger partial charge on any atom is 0.161 e. The Labute approximate surface area is 129 Å². The Kier molecular flexibility index (Phi) is 5.00. The van der Waals surface area contributed by atoms with E-state index in [1.54, 1.807) is 14.2 Å². The van der Waals surface area contributed by atoms with Crippen molar-refractivity contribution >= 4 is 22.9 Å². The number of para-hydroxylation sites is 1. The lowest BCUT2D eigenvalue weighted by Gasteiger charge is -2.13. The molecule has 0 saturated heterocycles. The van der Waals surface area contributed by atoms with Crippen molar-refractivity contribution in [2.45, 2.75) is 6.54 Å². The summed E-state index contributed by atoms with van der Waals surface area (Å²) in [5.41, 5.74) is 8.55. The van der Waals surface area contributed by atoms with Crippen molar-refractivity contribution in [3.05, 3.63) is 53.6 Å². The van der Waals surface area contributed by atoms with Gasteiger partial charge in [0, 0.05) is 17.8 Å². The lowest BCUT2D eigenvalue weighted by atomic mass is 10.1. The first-order valence-electron chi connectivity index (χ1n) is 6.49. The van der Waals surface area contributed by atoms with E-state index in [-0.39, 0.29) is 0 Å². The molecule has 0 amide bonds. The molecule has 0 radical (unpaired) electrons. The van der Waals surface area contributed by atoms with Gasteiger partial charge in [-0.3, -0.25) is 0 Å². The minimum Gasteiger partial charge on any atom is -0.493 e. The summed E-state index contributed by atoms with van der Waals surface area (Å²) < 4.78 is 10.5. The molecule has 0 aliphatic rings. The van der Waals surface area contributed by atoms with E-state index in [0.29, 0.717) is 23.0 Å². The third-order valence-electron chi connectivity index (χ3n) is 3.12. The summed E-state index contributed by atoms with van der Waals surface area (Å²) >= 11 is 5.05. The zero-order valence-electron chi connectivity index (χ0n) is 12.1. The summed E-state index contributed by atoms with van der Waals surface area (Å²) in [4.78, 5) is 0.380. The van der Waals surface area contributed by atoms with Gasteiger partial charge in [0.2, 0.25) is 0 Å². The van der Waals surface area contributed by atoms with Crippen LogP contribution in [0.1, 0.15) is 11.1 Å². The first-order valence-corrected chi connectivity index (χ1v) is 6.90. The number of benzene rings is 2. The first-order chi connectivity index (χ1) is 10.2. The molecule has 0 spiro atoms. The van der Waals surface area contributed by atoms with E-state index < -0.39 is 0 Å². The molecule has 0 bridgehead atoms. The molecule has 0 aliphatic heterocycles. The minimum atomic E-state index is 0.380. The molecule has 2 aromatic rings. The molecule has 2 rings (SSSR count). The number of anilines is 1. The van der Waals surface area contributed by atoms with Gasteiger partial charge in [0.25, 0.3) is 0 Å². The maximum absolute atomic E-state index is 5.72. The average Bonchev–Trinajstić information content (AvgIpc) is 2.52. The molecule has 0 atom stereocenters. The zero-order chi connectivity index (χ0) is 15.2. The largest absolute Gasteiger partial charge is 0.493 e. The molecule has 21 heavy (non-hydrogen) atoms. The monoisotopic (exact) mass is 302 g/mol. The highest BCUT2D eigenvalue weighted by atomic mass is 32.1. The molecule has 0 fully saturated rings. The summed E-state index contributed by atoms with van der Waals surface area (Å²) in [7, 11) is 3.24. The summed E-state index contributed by atoms with van der Waals surface area (Å²) in [6.45, 7) is 0.639. The van der Waals surface area contributed by atoms with E-state index in [4.69, 9.17) is 27.4 Å². The number of nitrogens with one attached hydrogen (secondary N) is 1. The Balaban J connectivity index is 2.15. The number of hydrogen-bond acceptors (Lipinski definition) is 4.